The smallest absolute Gasteiger partial charge is 0.273 e. The van der Waals surface area contributed by atoms with Crippen LogP contribution in [0.1, 0.15) is 92.0 Å². The number of thiazole rings is 1. The predicted octanol–water partition coefficient (Wildman–Crippen LogP) is 5.60. The van der Waals surface area contributed by atoms with Crippen LogP contribution in [0.4, 0.5) is 10.1 Å². The van der Waals surface area contributed by atoms with Gasteiger partial charge in [0.2, 0.25) is 5.91 Å². The number of carbonyl (C=O) groups is 3. The lowest BCUT2D eigenvalue weighted by molar-refractivity contribution is -0.135. The molecule has 2 aromatic carbocycles. The van der Waals surface area contributed by atoms with Gasteiger partial charge in [-0.1, -0.05) is 52.0 Å². The third kappa shape index (κ3) is 11.4. The molecule has 3 amide bonds. The van der Waals surface area contributed by atoms with E-state index in [0.717, 1.165) is 36.5 Å². The molecule has 322 valence electrons. The van der Waals surface area contributed by atoms with Crippen LogP contribution < -0.4 is 15.4 Å². The first-order valence-corrected chi connectivity index (χ1v) is 21.9. The zero-order valence-corrected chi connectivity index (χ0v) is 36.0. The Kier molecular flexibility index (Phi) is 15.4. The Hall–Kier alpha value is -4.15. The molecule has 3 aliphatic heterocycles. The minimum Gasteiger partial charge on any atom is -0.506 e. The van der Waals surface area contributed by atoms with Gasteiger partial charge in [-0.3, -0.25) is 19.3 Å². The number of ether oxygens (including phenoxy) is 3. The summed E-state index contributed by atoms with van der Waals surface area (Å²) in [5.74, 6) is 0.481. The molecule has 0 bridgehead atoms. The van der Waals surface area contributed by atoms with Crippen molar-refractivity contribution in [1.29, 1.82) is 0 Å². The van der Waals surface area contributed by atoms with Crippen molar-refractivity contribution in [1.82, 2.24) is 25.0 Å². The van der Waals surface area contributed by atoms with Crippen LogP contribution in [0, 0.1) is 11.7 Å². The predicted molar refractivity (Wildman–Crippen MR) is 226 cm³/mol. The molecule has 1 aromatic heterocycles. The number of aromatic nitrogens is 1. The molecular weight excluding hydrogens is 776 g/mol. The summed E-state index contributed by atoms with van der Waals surface area (Å²) in [6.45, 7) is 16.2. The third-order valence-electron chi connectivity index (χ3n) is 11.8. The van der Waals surface area contributed by atoms with Crippen molar-refractivity contribution in [3.05, 3.63) is 68.9 Å². The number of carbonyl (C=O) groups excluding carboxylic acids is 3. The summed E-state index contributed by atoms with van der Waals surface area (Å²) in [6.07, 6.45) is 2.80. The molecule has 0 saturated carbocycles. The summed E-state index contributed by atoms with van der Waals surface area (Å²) >= 11 is 1.53. The number of rotatable bonds is 18. The van der Waals surface area contributed by atoms with Gasteiger partial charge >= 0.3 is 0 Å². The maximum Gasteiger partial charge on any atom is 0.273 e. The Bertz CT molecular complexity index is 1920. The fourth-order valence-corrected chi connectivity index (χ4v) is 8.71. The van der Waals surface area contributed by atoms with E-state index < -0.39 is 5.60 Å². The van der Waals surface area contributed by atoms with Crippen LogP contribution in [-0.2, 0) is 38.4 Å². The maximum absolute atomic E-state index is 15.8. The highest BCUT2D eigenvalue weighted by molar-refractivity contribution is 7.09. The van der Waals surface area contributed by atoms with Gasteiger partial charge in [-0.2, -0.15) is 0 Å². The summed E-state index contributed by atoms with van der Waals surface area (Å²) < 4.78 is 33.5. The Labute approximate surface area is 351 Å². The van der Waals surface area contributed by atoms with E-state index in [1.807, 2.05) is 27.3 Å². The number of halogens is 1. The number of nitrogens with one attached hydrogen (secondary N) is 2. The molecule has 0 aliphatic carbocycles. The Morgan fingerprint density at radius 3 is 2.58 bits per heavy atom. The molecule has 3 aromatic rings. The van der Waals surface area contributed by atoms with Crippen LogP contribution in [0.5, 0.6) is 11.5 Å². The molecule has 0 unspecified atom stereocenters. The number of phenolic OH excluding ortho intramolecular Hbond substituents is 1. The molecule has 1 spiro atoms. The SMILES string of the molecule is CC(C)c1nc(C(=O)N2CCOC3(CCN(Cc4cccc(CCOCCC(=O)N(CCNCCc5ccc(O)c6c5OCC(=O)N6)[C@H](C)C(C)C)c4F)CC3)C2)cs1. The number of hydrogen-bond acceptors (Lipinski definition) is 11. The second kappa shape index (κ2) is 20.4. The van der Waals surface area contributed by atoms with Crippen LogP contribution in [0.15, 0.2) is 35.7 Å². The fourth-order valence-electron chi connectivity index (χ4n) is 7.90. The van der Waals surface area contributed by atoms with Crippen molar-refractivity contribution in [2.45, 2.75) is 90.8 Å². The van der Waals surface area contributed by atoms with Gasteiger partial charge in [0.1, 0.15) is 22.9 Å². The summed E-state index contributed by atoms with van der Waals surface area (Å²) in [5.41, 5.74) is 2.54. The molecule has 2 fully saturated rings. The lowest BCUT2D eigenvalue weighted by Crippen LogP contribution is -2.58. The molecule has 15 heteroatoms. The lowest BCUT2D eigenvalue weighted by atomic mass is 9.89. The van der Waals surface area contributed by atoms with Crippen molar-refractivity contribution in [3.63, 3.8) is 0 Å². The third-order valence-corrected chi connectivity index (χ3v) is 12.9. The van der Waals surface area contributed by atoms with Crippen molar-refractivity contribution in [3.8, 4) is 11.5 Å². The number of amides is 3. The average molecular weight is 837 g/mol. The highest BCUT2D eigenvalue weighted by Crippen LogP contribution is 2.39. The molecule has 13 nitrogen and oxygen atoms in total. The largest absolute Gasteiger partial charge is 0.506 e. The Morgan fingerprint density at radius 2 is 1.83 bits per heavy atom. The normalized spacial score (nSPS) is 17.2. The van der Waals surface area contributed by atoms with Crippen LogP contribution in [0.3, 0.4) is 0 Å². The van der Waals surface area contributed by atoms with E-state index in [4.69, 9.17) is 14.2 Å². The molecule has 6 rings (SSSR count). The summed E-state index contributed by atoms with van der Waals surface area (Å²) in [5, 5.41) is 19.0. The van der Waals surface area contributed by atoms with E-state index in [2.05, 4.69) is 55.1 Å². The molecule has 0 radical (unpaired) electrons. The zero-order chi connectivity index (χ0) is 42.1. The number of hydrogen-bond donors (Lipinski definition) is 3. The first-order valence-electron chi connectivity index (χ1n) is 21.1. The second-order valence-electron chi connectivity index (χ2n) is 16.6. The summed E-state index contributed by atoms with van der Waals surface area (Å²) in [6, 6.07) is 8.91. The molecule has 59 heavy (non-hydrogen) atoms. The molecule has 2 saturated heterocycles. The lowest BCUT2D eigenvalue weighted by Gasteiger charge is -2.47. The van der Waals surface area contributed by atoms with Crippen molar-refractivity contribution in [2.75, 3.05) is 77.6 Å². The van der Waals surface area contributed by atoms with Crippen molar-refractivity contribution >= 4 is 34.7 Å². The number of piperidine rings is 1. The van der Waals surface area contributed by atoms with Crippen molar-refractivity contribution in [2.24, 2.45) is 5.92 Å². The number of nitrogens with zero attached hydrogens (tertiary/aromatic N) is 4. The van der Waals surface area contributed by atoms with Crippen LogP contribution in [0.2, 0.25) is 0 Å². The van der Waals surface area contributed by atoms with Gasteiger partial charge in [-0.15, -0.1) is 11.3 Å². The van der Waals surface area contributed by atoms with Gasteiger partial charge < -0.3 is 39.8 Å². The van der Waals surface area contributed by atoms with E-state index in [0.29, 0.717) is 93.6 Å². The molecule has 1 atom stereocenters. The van der Waals surface area contributed by atoms with Gasteiger partial charge in [0, 0.05) is 62.2 Å². The van der Waals surface area contributed by atoms with Gasteiger partial charge in [-0.05, 0) is 62.3 Å². The first kappa shape index (κ1) is 44.4. The highest BCUT2D eigenvalue weighted by atomic mass is 32.1. The quantitative estimate of drug-likeness (QED) is 0.109. The number of morpholine rings is 1. The van der Waals surface area contributed by atoms with E-state index in [-0.39, 0.29) is 66.8 Å². The van der Waals surface area contributed by atoms with Crippen LogP contribution >= 0.6 is 11.3 Å². The second-order valence-corrected chi connectivity index (χ2v) is 17.5. The van der Waals surface area contributed by atoms with E-state index in [1.54, 1.807) is 18.2 Å². The Balaban J connectivity index is 0.909. The summed E-state index contributed by atoms with van der Waals surface area (Å²) in [7, 11) is 0. The first-order chi connectivity index (χ1) is 28.3. The average Bonchev–Trinajstić information content (AvgIpc) is 3.73. The number of anilines is 1. The maximum atomic E-state index is 15.8. The van der Waals surface area contributed by atoms with Gasteiger partial charge in [0.25, 0.3) is 11.8 Å². The van der Waals surface area contributed by atoms with Crippen molar-refractivity contribution < 1.29 is 38.1 Å². The standard InChI is InChI=1S/C44H61FN6O7S/c1-29(2)31(5)51(20-17-46-16-11-33-9-10-36(52)40-41(33)57-26-37(53)48-40)38(54)13-23-56-22-12-32-7-6-8-34(39(32)45)25-49-18-14-44(15-19-49)28-50(21-24-58-44)43(55)35-27-59-42(47-35)30(3)4/h6-10,27,29-31,46,52H,11-26,28H2,1-5H3,(H,48,53)/t31-/m1/s1. The summed E-state index contributed by atoms with van der Waals surface area (Å²) in [4.78, 5) is 49.0. The van der Waals surface area contributed by atoms with Crippen LogP contribution in [0.25, 0.3) is 0 Å². The molecule has 4 heterocycles. The minimum absolute atomic E-state index is 0.0128. The number of likely N-dealkylation sites (tertiary alicyclic amines) is 1. The molecular formula is C44H61FN6O7S. The minimum atomic E-state index is -0.393. The number of phenols is 1. The highest BCUT2D eigenvalue weighted by Gasteiger charge is 2.41. The van der Waals surface area contributed by atoms with Gasteiger partial charge in [-0.25, -0.2) is 9.37 Å². The van der Waals surface area contributed by atoms with E-state index in [9.17, 15) is 19.5 Å². The number of aromatic hydroxyl groups is 1. The number of fused-ring (bicyclic) bond motifs is 1. The van der Waals surface area contributed by atoms with E-state index >= 15 is 4.39 Å². The fraction of sp³-hybridized carbons (Fsp3) is 0.591. The molecule has 3 N–H and O–H groups in total. The monoisotopic (exact) mass is 836 g/mol. The topological polar surface area (TPSA) is 146 Å². The van der Waals surface area contributed by atoms with Crippen LogP contribution in [-0.4, -0.2) is 126 Å². The van der Waals surface area contributed by atoms with Gasteiger partial charge in [0.15, 0.2) is 12.4 Å². The Morgan fingerprint density at radius 1 is 1.05 bits per heavy atom. The van der Waals surface area contributed by atoms with E-state index in [1.165, 1.54) is 11.3 Å². The number of benzene rings is 2. The zero-order valence-electron chi connectivity index (χ0n) is 35.2. The molecule has 3 aliphatic rings. The van der Waals surface area contributed by atoms with Gasteiger partial charge in [0.05, 0.1) is 43.4 Å².